The van der Waals surface area contributed by atoms with Gasteiger partial charge in [0.1, 0.15) is 5.82 Å². The average Bonchev–Trinajstić information content (AvgIpc) is 2.69. The Balaban J connectivity index is 2.27. The largest absolute Gasteiger partial charge is 0.368 e. The number of hydrogen-bond donors (Lipinski definition) is 1. The first-order chi connectivity index (χ1) is 6.79. The van der Waals surface area contributed by atoms with Crippen molar-refractivity contribution in [3.8, 4) is 0 Å². The van der Waals surface area contributed by atoms with Gasteiger partial charge in [-0.1, -0.05) is 0 Å². The molecule has 1 saturated heterocycles. The van der Waals surface area contributed by atoms with Gasteiger partial charge in [-0.2, -0.15) is 4.98 Å². The summed E-state index contributed by atoms with van der Waals surface area (Å²) in [6.07, 6.45) is 2.44. The summed E-state index contributed by atoms with van der Waals surface area (Å²) in [7, 11) is 0. The second-order valence-corrected chi connectivity index (χ2v) is 3.67. The van der Waals surface area contributed by atoms with Crippen LogP contribution in [0.25, 0.3) is 0 Å². The molecule has 0 spiro atoms. The molecule has 1 aromatic heterocycles. The lowest BCUT2D eigenvalue weighted by molar-refractivity contribution is 0.923. The normalized spacial score (nSPS) is 16.2. The molecule has 0 unspecified atom stereocenters. The predicted molar refractivity (Wildman–Crippen MR) is 57.4 cm³/mol. The topological polar surface area (TPSA) is 55.0 Å². The molecule has 76 valence electrons. The molecule has 2 heterocycles. The van der Waals surface area contributed by atoms with Crippen LogP contribution < -0.4 is 10.6 Å². The average molecular weight is 213 g/mol. The minimum Gasteiger partial charge on any atom is -0.368 e. The van der Waals surface area contributed by atoms with Crippen LogP contribution in [-0.2, 0) is 5.88 Å². The van der Waals surface area contributed by atoms with Crippen molar-refractivity contribution in [3.05, 3.63) is 11.8 Å². The maximum absolute atomic E-state index is 5.71. The van der Waals surface area contributed by atoms with E-state index >= 15 is 0 Å². The van der Waals surface area contributed by atoms with Crippen molar-refractivity contribution in [2.45, 2.75) is 18.7 Å². The van der Waals surface area contributed by atoms with Gasteiger partial charge in [-0.3, -0.25) is 0 Å². The third kappa shape index (κ3) is 1.90. The number of hydrogen-bond acceptors (Lipinski definition) is 4. The molecule has 1 aromatic rings. The second kappa shape index (κ2) is 4.00. The molecule has 0 radical (unpaired) electrons. The molecule has 1 fully saturated rings. The highest BCUT2D eigenvalue weighted by atomic mass is 35.5. The van der Waals surface area contributed by atoms with E-state index in [0.717, 1.165) is 24.6 Å². The van der Waals surface area contributed by atoms with Crippen LogP contribution in [0.1, 0.15) is 18.5 Å². The number of nitrogen functional groups attached to an aromatic ring is 1. The fraction of sp³-hybridized carbons (Fsp3) is 0.556. The van der Waals surface area contributed by atoms with Gasteiger partial charge in [0.2, 0.25) is 5.95 Å². The number of nitrogens with zero attached hydrogens (tertiary/aromatic N) is 3. The quantitative estimate of drug-likeness (QED) is 0.753. The number of aromatic nitrogens is 2. The van der Waals surface area contributed by atoms with Gasteiger partial charge in [-0.05, 0) is 12.8 Å². The molecule has 2 rings (SSSR count). The maximum Gasteiger partial charge on any atom is 0.222 e. The van der Waals surface area contributed by atoms with Crippen LogP contribution in [0.5, 0.6) is 0 Å². The molecule has 4 nitrogen and oxygen atoms in total. The third-order valence-corrected chi connectivity index (χ3v) is 2.62. The van der Waals surface area contributed by atoms with E-state index in [1.165, 1.54) is 12.8 Å². The Morgan fingerprint density at radius 3 is 2.71 bits per heavy atom. The number of alkyl halides is 1. The third-order valence-electron chi connectivity index (χ3n) is 2.35. The van der Waals surface area contributed by atoms with Gasteiger partial charge in [0, 0.05) is 19.2 Å². The summed E-state index contributed by atoms with van der Waals surface area (Å²) in [4.78, 5) is 10.4. The van der Waals surface area contributed by atoms with Gasteiger partial charge in [-0.15, -0.1) is 11.6 Å². The van der Waals surface area contributed by atoms with Crippen molar-refractivity contribution in [1.29, 1.82) is 0 Å². The minimum absolute atomic E-state index is 0.310. The predicted octanol–water partition coefficient (Wildman–Crippen LogP) is 1.40. The van der Waals surface area contributed by atoms with E-state index in [-0.39, 0.29) is 0 Å². The Bertz CT molecular complexity index is 323. The summed E-state index contributed by atoms with van der Waals surface area (Å²) < 4.78 is 0. The zero-order chi connectivity index (χ0) is 9.97. The molecule has 0 aliphatic carbocycles. The van der Waals surface area contributed by atoms with Crippen LogP contribution in [0, 0.1) is 0 Å². The molecule has 0 atom stereocenters. The zero-order valence-electron chi connectivity index (χ0n) is 7.91. The van der Waals surface area contributed by atoms with Crippen molar-refractivity contribution >= 4 is 23.4 Å². The lowest BCUT2D eigenvalue weighted by Crippen LogP contribution is -2.20. The first-order valence-electron chi connectivity index (χ1n) is 4.74. The Kier molecular flexibility index (Phi) is 2.72. The van der Waals surface area contributed by atoms with E-state index in [1.54, 1.807) is 0 Å². The molecular weight excluding hydrogens is 200 g/mol. The van der Waals surface area contributed by atoms with Crippen LogP contribution in [0.15, 0.2) is 6.07 Å². The minimum atomic E-state index is 0.310. The molecule has 0 saturated carbocycles. The molecular formula is C9H13ClN4. The van der Waals surface area contributed by atoms with Gasteiger partial charge in [0.25, 0.3) is 0 Å². The summed E-state index contributed by atoms with van der Waals surface area (Å²) in [6.45, 7) is 2.11. The number of rotatable bonds is 2. The van der Waals surface area contributed by atoms with E-state index in [2.05, 4.69) is 14.9 Å². The molecule has 2 N–H and O–H groups in total. The van der Waals surface area contributed by atoms with Gasteiger partial charge in [-0.25, -0.2) is 4.98 Å². The van der Waals surface area contributed by atoms with Crippen LogP contribution in [0.2, 0.25) is 0 Å². The van der Waals surface area contributed by atoms with Crippen molar-refractivity contribution in [2.75, 3.05) is 23.7 Å². The highest BCUT2D eigenvalue weighted by Crippen LogP contribution is 2.19. The molecule has 0 bridgehead atoms. The van der Waals surface area contributed by atoms with Gasteiger partial charge in [0.05, 0.1) is 11.6 Å². The van der Waals surface area contributed by atoms with Crippen molar-refractivity contribution in [3.63, 3.8) is 0 Å². The number of anilines is 2. The monoisotopic (exact) mass is 212 g/mol. The van der Waals surface area contributed by atoms with Gasteiger partial charge in [0.15, 0.2) is 0 Å². The lowest BCUT2D eigenvalue weighted by atomic mass is 10.4. The van der Waals surface area contributed by atoms with Gasteiger partial charge >= 0.3 is 0 Å². The van der Waals surface area contributed by atoms with Crippen LogP contribution in [-0.4, -0.2) is 23.1 Å². The van der Waals surface area contributed by atoms with Gasteiger partial charge < -0.3 is 10.6 Å². The fourth-order valence-corrected chi connectivity index (χ4v) is 1.82. The molecule has 14 heavy (non-hydrogen) atoms. The van der Waals surface area contributed by atoms with Crippen LogP contribution >= 0.6 is 11.6 Å². The van der Waals surface area contributed by atoms with E-state index in [1.807, 2.05) is 6.07 Å². The van der Waals surface area contributed by atoms with Crippen molar-refractivity contribution < 1.29 is 0 Å². The smallest absolute Gasteiger partial charge is 0.222 e. The molecule has 5 heteroatoms. The Hall–Kier alpha value is -1.03. The Morgan fingerprint density at radius 1 is 1.36 bits per heavy atom. The van der Waals surface area contributed by atoms with Crippen LogP contribution in [0.4, 0.5) is 11.8 Å². The Morgan fingerprint density at radius 2 is 2.07 bits per heavy atom. The maximum atomic E-state index is 5.71. The van der Waals surface area contributed by atoms with E-state index < -0.39 is 0 Å². The first-order valence-corrected chi connectivity index (χ1v) is 5.27. The number of nitrogens with two attached hydrogens (primary N) is 1. The van der Waals surface area contributed by atoms with Crippen LogP contribution in [0.3, 0.4) is 0 Å². The summed E-state index contributed by atoms with van der Waals surface area (Å²) >= 11 is 5.71. The summed E-state index contributed by atoms with van der Waals surface area (Å²) in [5, 5.41) is 0. The second-order valence-electron chi connectivity index (χ2n) is 3.40. The highest BCUT2D eigenvalue weighted by molar-refractivity contribution is 6.16. The standard InChI is InChI=1S/C9H13ClN4/c10-6-7-5-8(13-9(11)12-7)14-3-1-2-4-14/h5H,1-4,6H2,(H2,11,12,13). The van der Waals surface area contributed by atoms with Crippen molar-refractivity contribution in [1.82, 2.24) is 9.97 Å². The molecule has 1 aliphatic heterocycles. The Labute approximate surface area is 88.1 Å². The SMILES string of the molecule is Nc1nc(CCl)cc(N2CCCC2)n1. The zero-order valence-corrected chi connectivity index (χ0v) is 8.67. The lowest BCUT2D eigenvalue weighted by Gasteiger charge is -2.16. The fourth-order valence-electron chi connectivity index (χ4n) is 1.68. The highest BCUT2D eigenvalue weighted by Gasteiger charge is 2.14. The number of halogens is 1. The molecule has 1 aliphatic rings. The summed E-state index contributed by atoms with van der Waals surface area (Å²) in [5.74, 6) is 1.60. The summed E-state index contributed by atoms with van der Waals surface area (Å²) in [6, 6.07) is 1.91. The van der Waals surface area contributed by atoms with Crippen molar-refractivity contribution in [2.24, 2.45) is 0 Å². The van der Waals surface area contributed by atoms with E-state index in [4.69, 9.17) is 17.3 Å². The first kappa shape index (κ1) is 9.52. The van der Waals surface area contributed by atoms with E-state index in [0.29, 0.717) is 11.8 Å². The summed E-state index contributed by atoms with van der Waals surface area (Å²) in [5.41, 5.74) is 6.39. The molecule has 0 aromatic carbocycles. The van der Waals surface area contributed by atoms with E-state index in [9.17, 15) is 0 Å². The molecule has 0 amide bonds.